The Kier molecular flexibility index (Phi) is 5.25. The Hall–Kier alpha value is -2.09. The molecule has 126 valence electrons. The first kappa shape index (κ1) is 17.3. The molecule has 8 heteroatoms. The molecule has 2 amide bonds. The second-order valence-electron chi connectivity index (χ2n) is 5.28. The minimum absolute atomic E-state index is 0.132. The fourth-order valence-electron chi connectivity index (χ4n) is 2.48. The van der Waals surface area contributed by atoms with E-state index in [4.69, 9.17) is 0 Å². The van der Waals surface area contributed by atoms with Gasteiger partial charge >= 0.3 is 6.18 Å². The first-order chi connectivity index (χ1) is 10.8. The molecule has 0 unspecified atom stereocenters. The van der Waals surface area contributed by atoms with E-state index in [-0.39, 0.29) is 18.0 Å². The molecular formula is C15H18F3N3O2. The number of rotatable bonds is 3. The van der Waals surface area contributed by atoms with E-state index in [1.165, 1.54) is 30.1 Å². The Balaban J connectivity index is 2.05. The highest BCUT2D eigenvalue weighted by Gasteiger charge is 2.36. The van der Waals surface area contributed by atoms with E-state index in [9.17, 15) is 22.8 Å². The van der Waals surface area contributed by atoms with Gasteiger partial charge in [0.25, 0.3) is 5.91 Å². The van der Waals surface area contributed by atoms with Gasteiger partial charge in [-0.1, -0.05) is 12.1 Å². The first-order valence-corrected chi connectivity index (χ1v) is 7.21. The van der Waals surface area contributed by atoms with Crippen LogP contribution in [0.15, 0.2) is 24.3 Å². The summed E-state index contributed by atoms with van der Waals surface area (Å²) in [4.78, 5) is 26.9. The molecule has 0 radical (unpaired) electrons. The largest absolute Gasteiger partial charge is 0.417 e. The Morgan fingerprint density at radius 2 is 1.74 bits per heavy atom. The molecule has 0 spiro atoms. The zero-order valence-corrected chi connectivity index (χ0v) is 12.7. The Morgan fingerprint density at radius 1 is 1.13 bits per heavy atom. The van der Waals surface area contributed by atoms with Gasteiger partial charge in [0.2, 0.25) is 5.91 Å². The molecular weight excluding hydrogens is 311 g/mol. The second-order valence-corrected chi connectivity index (χ2v) is 5.28. The maximum absolute atomic E-state index is 13.0. The standard InChI is InChI=1S/C15H18F3N3O2/c1-19-13(22)10-20-6-8-21(9-7-20)14(23)11-4-2-3-5-12(11)15(16,17)18/h2-5H,6-10H2,1H3,(H,19,22). The fraction of sp³-hybridized carbons (Fsp3) is 0.467. The Morgan fingerprint density at radius 3 is 2.30 bits per heavy atom. The van der Waals surface area contributed by atoms with Crippen molar-refractivity contribution in [3.05, 3.63) is 35.4 Å². The van der Waals surface area contributed by atoms with Crippen molar-refractivity contribution in [2.75, 3.05) is 39.8 Å². The summed E-state index contributed by atoms with van der Waals surface area (Å²) in [6.45, 7) is 1.71. The molecule has 0 aromatic heterocycles. The van der Waals surface area contributed by atoms with E-state index in [2.05, 4.69) is 5.32 Å². The van der Waals surface area contributed by atoms with Crippen molar-refractivity contribution in [3.63, 3.8) is 0 Å². The minimum Gasteiger partial charge on any atom is -0.358 e. The molecule has 2 rings (SSSR count). The summed E-state index contributed by atoms with van der Waals surface area (Å²) < 4.78 is 39.0. The number of benzene rings is 1. The predicted molar refractivity (Wildman–Crippen MR) is 77.9 cm³/mol. The monoisotopic (exact) mass is 329 g/mol. The summed E-state index contributed by atoms with van der Waals surface area (Å²) in [5.41, 5.74) is -1.25. The average Bonchev–Trinajstić information content (AvgIpc) is 2.54. The van der Waals surface area contributed by atoms with Gasteiger partial charge in [0.05, 0.1) is 17.7 Å². The topological polar surface area (TPSA) is 52.7 Å². The zero-order valence-electron chi connectivity index (χ0n) is 12.7. The van der Waals surface area contributed by atoms with Crippen LogP contribution >= 0.6 is 0 Å². The summed E-state index contributed by atoms with van der Waals surface area (Å²) in [5.74, 6) is -0.760. The predicted octanol–water partition coefficient (Wildman–Crippen LogP) is 1.21. The number of carbonyl (C=O) groups excluding carboxylic acids is 2. The lowest BCUT2D eigenvalue weighted by molar-refractivity contribution is -0.138. The molecule has 1 aliphatic heterocycles. The van der Waals surface area contributed by atoms with Gasteiger partial charge in [-0.05, 0) is 12.1 Å². The van der Waals surface area contributed by atoms with Crippen molar-refractivity contribution in [3.8, 4) is 0 Å². The molecule has 0 bridgehead atoms. The highest BCUT2D eigenvalue weighted by molar-refractivity contribution is 5.96. The normalized spacial score (nSPS) is 16.3. The summed E-state index contributed by atoms with van der Waals surface area (Å²) in [5, 5.41) is 2.51. The number of likely N-dealkylation sites (N-methyl/N-ethyl adjacent to an activating group) is 1. The van der Waals surface area contributed by atoms with Gasteiger partial charge in [-0.15, -0.1) is 0 Å². The van der Waals surface area contributed by atoms with Crippen molar-refractivity contribution in [1.82, 2.24) is 15.1 Å². The van der Waals surface area contributed by atoms with Crippen LogP contribution in [0.25, 0.3) is 0 Å². The van der Waals surface area contributed by atoms with E-state index in [1.807, 2.05) is 4.90 Å². The van der Waals surface area contributed by atoms with Gasteiger partial charge in [0.15, 0.2) is 0 Å². The molecule has 1 heterocycles. The highest BCUT2D eigenvalue weighted by atomic mass is 19.4. The maximum Gasteiger partial charge on any atom is 0.417 e. The van der Waals surface area contributed by atoms with E-state index in [0.29, 0.717) is 26.2 Å². The van der Waals surface area contributed by atoms with Gasteiger partial charge in [-0.3, -0.25) is 14.5 Å². The maximum atomic E-state index is 13.0. The summed E-state index contributed by atoms with van der Waals surface area (Å²) >= 11 is 0. The number of amides is 2. The lowest BCUT2D eigenvalue weighted by Gasteiger charge is -2.34. The van der Waals surface area contributed by atoms with Crippen molar-refractivity contribution in [1.29, 1.82) is 0 Å². The number of carbonyl (C=O) groups is 2. The number of halogens is 3. The van der Waals surface area contributed by atoms with E-state index >= 15 is 0 Å². The van der Waals surface area contributed by atoms with Crippen molar-refractivity contribution in [2.24, 2.45) is 0 Å². The van der Waals surface area contributed by atoms with Crippen LogP contribution in [0.4, 0.5) is 13.2 Å². The lowest BCUT2D eigenvalue weighted by Crippen LogP contribution is -2.51. The number of alkyl halides is 3. The molecule has 5 nitrogen and oxygen atoms in total. The molecule has 0 aliphatic carbocycles. The van der Waals surface area contributed by atoms with Gasteiger partial charge in [-0.2, -0.15) is 13.2 Å². The van der Waals surface area contributed by atoms with Crippen LogP contribution in [0.1, 0.15) is 15.9 Å². The molecule has 1 aliphatic rings. The Bertz CT molecular complexity index is 582. The molecule has 0 atom stereocenters. The van der Waals surface area contributed by atoms with Gasteiger partial charge in [-0.25, -0.2) is 0 Å². The van der Waals surface area contributed by atoms with Crippen molar-refractivity contribution < 1.29 is 22.8 Å². The highest BCUT2D eigenvalue weighted by Crippen LogP contribution is 2.32. The van der Waals surface area contributed by atoms with Crippen molar-refractivity contribution >= 4 is 11.8 Å². The van der Waals surface area contributed by atoms with Crippen LogP contribution < -0.4 is 5.32 Å². The Labute approximate surface area is 132 Å². The quantitative estimate of drug-likeness (QED) is 0.907. The molecule has 1 aromatic carbocycles. The first-order valence-electron chi connectivity index (χ1n) is 7.21. The molecule has 0 saturated carbocycles. The molecule has 23 heavy (non-hydrogen) atoms. The number of nitrogens with zero attached hydrogens (tertiary/aromatic N) is 2. The number of piperazine rings is 1. The third-order valence-corrected chi connectivity index (χ3v) is 3.77. The summed E-state index contributed by atoms with van der Waals surface area (Å²) in [7, 11) is 1.54. The van der Waals surface area contributed by atoms with Gasteiger partial charge < -0.3 is 10.2 Å². The molecule has 1 N–H and O–H groups in total. The van der Waals surface area contributed by atoms with Crippen LogP contribution in [0, 0.1) is 0 Å². The van der Waals surface area contributed by atoms with Crippen LogP contribution in [0.3, 0.4) is 0 Å². The summed E-state index contributed by atoms with van der Waals surface area (Å²) in [6, 6.07) is 4.79. The minimum atomic E-state index is -4.56. The van der Waals surface area contributed by atoms with Crippen LogP contribution in [0.2, 0.25) is 0 Å². The molecule has 1 aromatic rings. The number of nitrogens with one attached hydrogen (secondary N) is 1. The SMILES string of the molecule is CNC(=O)CN1CCN(C(=O)c2ccccc2C(F)(F)F)CC1. The zero-order chi connectivity index (χ0) is 17.0. The second kappa shape index (κ2) is 6.99. The fourth-order valence-corrected chi connectivity index (χ4v) is 2.48. The third-order valence-electron chi connectivity index (χ3n) is 3.77. The number of hydrogen-bond donors (Lipinski definition) is 1. The number of hydrogen-bond acceptors (Lipinski definition) is 3. The van der Waals surface area contributed by atoms with E-state index in [0.717, 1.165) is 6.07 Å². The average molecular weight is 329 g/mol. The van der Waals surface area contributed by atoms with Crippen LogP contribution in [-0.2, 0) is 11.0 Å². The van der Waals surface area contributed by atoms with E-state index < -0.39 is 17.6 Å². The van der Waals surface area contributed by atoms with Crippen LogP contribution in [-0.4, -0.2) is 61.4 Å². The molecule has 1 fully saturated rings. The van der Waals surface area contributed by atoms with Crippen LogP contribution in [0.5, 0.6) is 0 Å². The molecule has 1 saturated heterocycles. The van der Waals surface area contributed by atoms with Gasteiger partial charge in [0.1, 0.15) is 0 Å². The summed E-state index contributed by atoms with van der Waals surface area (Å²) in [6.07, 6.45) is -4.56. The lowest BCUT2D eigenvalue weighted by atomic mass is 10.1. The smallest absolute Gasteiger partial charge is 0.358 e. The third kappa shape index (κ3) is 4.22. The van der Waals surface area contributed by atoms with Gasteiger partial charge in [0, 0.05) is 33.2 Å². The van der Waals surface area contributed by atoms with E-state index in [1.54, 1.807) is 0 Å². The van der Waals surface area contributed by atoms with Crippen molar-refractivity contribution in [2.45, 2.75) is 6.18 Å².